The highest BCUT2D eigenvalue weighted by molar-refractivity contribution is 7.09. The Morgan fingerprint density at radius 1 is 1.47 bits per heavy atom. The van der Waals surface area contributed by atoms with E-state index < -0.39 is 5.97 Å². The second kappa shape index (κ2) is 4.36. The third kappa shape index (κ3) is 1.75. The van der Waals surface area contributed by atoms with Crippen LogP contribution in [0.25, 0.3) is 17.0 Å². The van der Waals surface area contributed by atoms with Crippen molar-refractivity contribution in [2.75, 3.05) is 12.8 Å². The number of pyridine rings is 1. The Hall–Kier alpha value is -2.41. The molecule has 0 aromatic carbocycles. The summed E-state index contributed by atoms with van der Waals surface area (Å²) in [6.07, 6.45) is 3.55. The molecule has 7 heteroatoms. The monoisotopic (exact) mass is 274 g/mol. The maximum absolute atomic E-state index is 11.5. The van der Waals surface area contributed by atoms with E-state index in [0.29, 0.717) is 16.3 Å². The Morgan fingerprint density at radius 3 is 3.11 bits per heavy atom. The van der Waals surface area contributed by atoms with E-state index in [0.717, 1.165) is 22.9 Å². The number of esters is 1. The number of nitrogens with zero attached hydrogens (tertiary/aromatic N) is 3. The average Bonchev–Trinajstić information content (AvgIpc) is 3.01. The lowest BCUT2D eigenvalue weighted by Crippen LogP contribution is -2.02. The lowest BCUT2D eigenvalue weighted by atomic mass is 10.2. The fourth-order valence-electron chi connectivity index (χ4n) is 1.83. The SMILES string of the molecule is COC(=O)c1snc(-c2cnc3ccccn23)c1N. The fourth-order valence-corrected chi connectivity index (χ4v) is 2.56. The number of carbonyl (C=O) groups is 1. The Balaban J connectivity index is 2.17. The molecule has 2 N–H and O–H groups in total. The lowest BCUT2D eigenvalue weighted by molar-refractivity contribution is 0.0607. The number of rotatable bonds is 2. The van der Waals surface area contributed by atoms with E-state index in [1.807, 2.05) is 28.8 Å². The van der Waals surface area contributed by atoms with Gasteiger partial charge in [-0.2, -0.15) is 4.37 Å². The summed E-state index contributed by atoms with van der Waals surface area (Å²) in [5, 5.41) is 0. The summed E-state index contributed by atoms with van der Waals surface area (Å²) >= 11 is 1.02. The summed E-state index contributed by atoms with van der Waals surface area (Å²) in [6.45, 7) is 0. The molecular weight excluding hydrogens is 264 g/mol. The van der Waals surface area contributed by atoms with Gasteiger partial charge in [0, 0.05) is 6.20 Å². The minimum absolute atomic E-state index is 0.309. The molecule has 6 nitrogen and oxygen atoms in total. The predicted molar refractivity (Wildman–Crippen MR) is 72.1 cm³/mol. The Kier molecular flexibility index (Phi) is 2.68. The molecule has 3 aromatic heterocycles. The van der Waals surface area contributed by atoms with Gasteiger partial charge in [-0.05, 0) is 23.7 Å². The fraction of sp³-hybridized carbons (Fsp3) is 0.0833. The molecule has 0 bridgehead atoms. The summed E-state index contributed by atoms with van der Waals surface area (Å²) < 4.78 is 10.8. The van der Waals surface area contributed by atoms with Gasteiger partial charge >= 0.3 is 5.97 Å². The molecule has 96 valence electrons. The van der Waals surface area contributed by atoms with Crippen LogP contribution in [0.5, 0.6) is 0 Å². The van der Waals surface area contributed by atoms with Crippen LogP contribution in [-0.4, -0.2) is 26.8 Å². The van der Waals surface area contributed by atoms with Crippen molar-refractivity contribution < 1.29 is 9.53 Å². The number of anilines is 1. The van der Waals surface area contributed by atoms with E-state index in [9.17, 15) is 4.79 Å². The summed E-state index contributed by atoms with van der Waals surface area (Å²) in [5.74, 6) is -0.477. The van der Waals surface area contributed by atoms with Gasteiger partial charge in [-0.25, -0.2) is 9.78 Å². The molecule has 0 fully saturated rings. The molecule has 0 aliphatic carbocycles. The van der Waals surface area contributed by atoms with Crippen molar-refractivity contribution >= 4 is 28.8 Å². The van der Waals surface area contributed by atoms with Gasteiger partial charge in [-0.3, -0.25) is 4.40 Å². The van der Waals surface area contributed by atoms with Crippen LogP contribution in [0.1, 0.15) is 9.67 Å². The topological polar surface area (TPSA) is 82.5 Å². The van der Waals surface area contributed by atoms with Crippen LogP contribution >= 0.6 is 11.5 Å². The molecular formula is C12H10N4O2S. The second-order valence-electron chi connectivity index (χ2n) is 3.84. The first-order valence-electron chi connectivity index (χ1n) is 5.48. The highest BCUT2D eigenvalue weighted by Crippen LogP contribution is 2.31. The molecule has 3 heterocycles. The largest absolute Gasteiger partial charge is 0.465 e. The average molecular weight is 274 g/mol. The number of carbonyl (C=O) groups excluding carboxylic acids is 1. The summed E-state index contributed by atoms with van der Waals surface area (Å²) in [7, 11) is 1.31. The van der Waals surface area contributed by atoms with Gasteiger partial charge in [-0.1, -0.05) is 6.07 Å². The normalized spacial score (nSPS) is 10.8. The first-order valence-corrected chi connectivity index (χ1v) is 6.25. The third-order valence-corrected chi connectivity index (χ3v) is 3.60. The maximum atomic E-state index is 11.5. The quantitative estimate of drug-likeness (QED) is 0.721. The van der Waals surface area contributed by atoms with Crippen LogP contribution in [0.15, 0.2) is 30.6 Å². The van der Waals surface area contributed by atoms with Gasteiger partial charge in [0.2, 0.25) is 0 Å². The molecule has 0 saturated heterocycles. The first-order chi connectivity index (χ1) is 9.22. The summed E-state index contributed by atoms with van der Waals surface area (Å²) in [4.78, 5) is 16.1. The zero-order valence-corrected chi connectivity index (χ0v) is 10.8. The molecule has 0 atom stereocenters. The van der Waals surface area contributed by atoms with E-state index >= 15 is 0 Å². The van der Waals surface area contributed by atoms with E-state index in [2.05, 4.69) is 14.1 Å². The van der Waals surface area contributed by atoms with Crippen molar-refractivity contribution in [2.45, 2.75) is 0 Å². The molecule has 0 amide bonds. The van der Waals surface area contributed by atoms with Crippen LogP contribution in [-0.2, 0) is 4.74 Å². The smallest absolute Gasteiger partial charge is 0.351 e. The molecule has 0 radical (unpaired) electrons. The van der Waals surface area contributed by atoms with E-state index in [1.165, 1.54) is 7.11 Å². The van der Waals surface area contributed by atoms with Crippen LogP contribution in [0.2, 0.25) is 0 Å². The Morgan fingerprint density at radius 2 is 2.32 bits per heavy atom. The van der Waals surface area contributed by atoms with Crippen LogP contribution in [0.4, 0.5) is 5.69 Å². The number of ether oxygens (including phenoxy) is 1. The van der Waals surface area contributed by atoms with E-state index in [-0.39, 0.29) is 0 Å². The summed E-state index contributed by atoms with van der Waals surface area (Å²) in [6, 6.07) is 5.67. The number of nitrogen functional groups attached to an aromatic ring is 1. The van der Waals surface area contributed by atoms with Crippen LogP contribution < -0.4 is 5.73 Å². The van der Waals surface area contributed by atoms with Gasteiger partial charge in [0.1, 0.15) is 11.3 Å². The number of imidazole rings is 1. The van der Waals surface area contributed by atoms with Crippen LogP contribution in [0, 0.1) is 0 Å². The Bertz CT molecular complexity index is 762. The van der Waals surface area contributed by atoms with Crippen molar-refractivity contribution in [3.05, 3.63) is 35.5 Å². The first kappa shape index (κ1) is 11.7. The van der Waals surface area contributed by atoms with E-state index in [1.54, 1.807) is 6.20 Å². The van der Waals surface area contributed by atoms with E-state index in [4.69, 9.17) is 5.73 Å². The minimum Gasteiger partial charge on any atom is -0.465 e. The molecule has 3 aromatic rings. The van der Waals surface area contributed by atoms with Gasteiger partial charge in [0.05, 0.1) is 24.7 Å². The molecule has 0 aliphatic heterocycles. The molecule has 0 unspecified atom stereocenters. The molecule has 0 spiro atoms. The van der Waals surface area contributed by atoms with Gasteiger partial charge in [0.15, 0.2) is 4.88 Å². The van der Waals surface area contributed by atoms with Gasteiger partial charge in [-0.15, -0.1) is 0 Å². The van der Waals surface area contributed by atoms with Crippen molar-refractivity contribution in [3.8, 4) is 11.4 Å². The number of methoxy groups -OCH3 is 1. The van der Waals surface area contributed by atoms with Crippen molar-refractivity contribution in [2.24, 2.45) is 0 Å². The lowest BCUT2D eigenvalue weighted by Gasteiger charge is -2.00. The molecule has 0 saturated carbocycles. The number of hydrogen-bond acceptors (Lipinski definition) is 6. The van der Waals surface area contributed by atoms with Crippen LogP contribution in [0.3, 0.4) is 0 Å². The predicted octanol–water partition coefficient (Wildman–Crippen LogP) is 1.83. The van der Waals surface area contributed by atoms with Gasteiger partial charge < -0.3 is 10.5 Å². The zero-order chi connectivity index (χ0) is 13.4. The van der Waals surface area contributed by atoms with Crippen molar-refractivity contribution in [1.29, 1.82) is 0 Å². The highest BCUT2D eigenvalue weighted by atomic mass is 32.1. The third-order valence-electron chi connectivity index (χ3n) is 2.76. The van der Waals surface area contributed by atoms with Crippen molar-refractivity contribution in [3.63, 3.8) is 0 Å². The number of aromatic nitrogens is 3. The standard InChI is InChI=1S/C12H10N4O2S/c1-18-12(17)11-9(13)10(15-19-11)7-6-14-8-4-2-3-5-16(7)8/h2-6H,13H2,1H3. The maximum Gasteiger partial charge on any atom is 0.351 e. The van der Waals surface area contributed by atoms with Gasteiger partial charge in [0.25, 0.3) is 0 Å². The molecule has 0 aliphatic rings. The second-order valence-corrected chi connectivity index (χ2v) is 4.61. The molecule has 3 rings (SSSR count). The minimum atomic E-state index is -0.477. The molecule has 19 heavy (non-hydrogen) atoms. The highest BCUT2D eigenvalue weighted by Gasteiger charge is 2.20. The number of hydrogen-bond donors (Lipinski definition) is 1. The van der Waals surface area contributed by atoms with Crippen molar-refractivity contribution in [1.82, 2.24) is 13.8 Å². The summed E-state index contributed by atoms with van der Waals surface area (Å²) in [5.41, 5.74) is 8.38. The Labute approximate surface area is 112 Å². The number of nitrogens with two attached hydrogens (primary N) is 1. The zero-order valence-electron chi connectivity index (χ0n) is 10.0. The number of fused-ring (bicyclic) bond motifs is 1.